The maximum absolute atomic E-state index is 12.6. The summed E-state index contributed by atoms with van der Waals surface area (Å²) >= 11 is 2.69. The van der Waals surface area contributed by atoms with Gasteiger partial charge in [-0.2, -0.15) is 17.5 Å². The predicted octanol–water partition coefficient (Wildman–Crippen LogP) is 4.85. The third-order valence-corrected chi connectivity index (χ3v) is 4.87. The van der Waals surface area contributed by atoms with Gasteiger partial charge in [-0.3, -0.25) is 0 Å². The summed E-state index contributed by atoms with van der Waals surface area (Å²) in [6.45, 7) is 2.48. The Morgan fingerprint density at radius 1 is 1.12 bits per heavy atom. The lowest BCUT2D eigenvalue weighted by Crippen LogP contribution is -2.04. The normalized spacial score (nSPS) is 11.7. The zero-order chi connectivity index (χ0) is 17.2. The van der Waals surface area contributed by atoms with Crippen molar-refractivity contribution in [2.45, 2.75) is 26.1 Å². The molecule has 9 heteroatoms. The molecular weight excluding hydrogens is 357 g/mol. The lowest BCUT2D eigenvalue weighted by molar-refractivity contribution is -0.137. The van der Waals surface area contributed by atoms with Crippen LogP contribution in [0.2, 0.25) is 0 Å². The fourth-order valence-corrected chi connectivity index (χ4v) is 3.43. The maximum atomic E-state index is 12.6. The van der Waals surface area contributed by atoms with E-state index in [4.69, 9.17) is 0 Å². The molecule has 0 unspecified atom stereocenters. The molecule has 3 aromatic rings. The standard InChI is InChI=1S/C15H13F3N4S2/c1-2-12-21-14(24-22-12)19-7-11-8-23-13(20-11)9-3-5-10(6-4-9)15(16,17)18/h3-6,8H,2,7H2,1H3,(H,19,21,22). The van der Waals surface area contributed by atoms with Crippen LogP contribution in [0, 0.1) is 0 Å². The van der Waals surface area contributed by atoms with Gasteiger partial charge in [-0.1, -0.05) is 19.1 Å². The third-order valence-electron chi connectivity index (χ3n) is 3.22. The van der Waals surface area contributed by atoms with Crippen molar-refractivity contribution in [1.29, 1.82) is 0 Å². The SMILES string of the molecule is CCc1nsc(NCc2csc(-c3ccc(C(F)(F)F)cc3)n2)n1. The Labute approximate surface area is 144 Å². The van der Waals surface area contributed by atoms with Crippen LogP contribution in [-0.2, 0) is 19.1 Å². The fourth-order valence-electron chi connectivity index (χ4n) is 1.96. The Bertz CT molecular complexity index is 809. The zero-order valence-corrected chi connectivity index (χ0v) is 14.2. The topological polar surface area (TPSA) is 50.7 Å². The molecule has 24 heavy (non-hydrogen) atoms. The number of nitrogens with zero attached hydrogens (tertiary/aromatic N) is 3. The van der Waals surface area contributed by atoms with E-state index >= 15 is 0 Å². The van der Waals surface area contributed by atoms with Crippen LogP contribution >= 0.6 is 22.9 Å². The lowest BCUT2D eigenvalue weighted by Gasteiger charge is -2.06. The Morgan fingerprint density at radius 3 is 2.50 bits per heavy atom. The third kappa shape index (κ3) is 3.90. The molecule has 0 aliphatic rings. The van der Waals surface area contributed by atoms with Crippen molar-refractivity contribution in [2.75, 3.05) is 5.32 Å². The molecule has 0 aliphatic carbocycles. The van der Waals surface area contributed by atoms with Crippen molar-refractivity contribution < 1.29 is 13.2 Å². The molecule has 126 valence electrons. The molecule has 0 spiro atoms. The average molecular weight is 370 g/mol. The second-order valence-electron chi connectivity index (χ2n) is 4.94. The number of hydrogen-bond donors (Lipinski definition) is 1. The molecule has 0 bridgehead atoms. The summed E-state index contributed by atoms with van der Waals surface area (Å²) in [5.74, 6) is 0.797. The fraction of sp³-hybridized carbons (Fsp3) is 0.267. The molecule has 0 fully saturated rings. The van der Waals surface area contributed by atoms with E-state index < -0.39 is 11.7 Å². The first-order valence-corrected chi connectivity index (χ1v) is 8.79. The molecule has 2 heterocycles. The first-order chi connectivity index (χ1) is 11.5. The zero-order valence-electron chi connectivity index (χ0n) is 12.6. The summed E-state index contributed by atoms with van der Waals surface area (Å²) < 4.78 is 41.9. The minimum atomic E-state index is -4.32. The highest BCUT2D eigenvalue weighted by Gasteiger charge is 2.30. The van der Waals surface area contributed by atoms with Gasteiger partial charge in [-0.15, -0.1) is 11.3 Å². The highest BCUT2D eigenvalue weighted by Crippen LogP contribution is 2.31. The minimum absolute atomic E-state index is 0.496. The average Bonchev–Trinajstić information content (AvgIpc) is 3.21. The van der Waals surface area contributed by atoms with Gasteiger partial charge in [0.15, 0.2) is 0 Å². The van der Waals surface area contributed by atoms with Crippen LogP contribution < -0.4 is 5.32 Å². The van der Waals surface area contributed by atoms with E-state index in [1.54, 1.807) is 0 Å². The van der Waals surface area contributed by atoms with Gasteiger partial charge in [0.2, 0.25) is 5.13 Å². The van der Waals surface area contributed by atoms with Gasteiger partial charge in [0.05, 0.1) is 17.8 Å². The van der Waals surface area contributed by atoms with Crippen molar-refractivity contribution in [3.63, 3.8) is 0 Å². The molecule has 0 aliphatic heterocycles. The molecular formula is C15H13F3N4S2. The number of benzene rings is 1. The maximum Gasteiger partial charge on any atom is 0.416 e. The van der Waals surface area contributed by atoms with Gasteiger partial charge < -0.3 is 5.32 Å². The molecule has 0 radical (unpaired) electrons. The molecule has 0 atom stereocenters. The summed E-state index contributed by atoms with van der Waals surface area (Å²) in [5.41, 5.74) is 0.819. The number of aromatic nitrogens is 3. The molecule has 0 saturated heterocycles. The van der Waals surface area contributed by atoms with Crippen molar-refractivity contribution in [3.8, 4) is 10.6 Å². The van der Waals surface area contributed by atoms with Gasteiger partial charge in [0.1, 0.15) is 10.8 Å². The Balaban J connectivity index is 1.66. The number of rotatable bonds is 5. The number of thiazole rings is 1. The van der Waals surface area contributed by atoms with Gasteiger partial charge in [0.25, 0.3) is 0 Å². The number of halogens is 3. The van der Waals surface area contributed by atoms with Crippen LogP contribution in [0.4, 0.5) is 18.3 Å². The lowest BCUT2D eigenvalue weighted by atomic mass is 10.1. The van der Waals surface area contributed by atoms with E-state index in [1.807, 2.05) is 12.3 Å². The number of anilines is 1. The molecule has 0 saturated carbocycles. The number of alkyl halides is 3. The Morgan fingerprint density at radius 2 is 1.88 bits per heavy atom. The summed E-state index contributed by atoms with van der Waals surface area (Å²) in [6, 6.07) is 5.03. The Kier molecular flexibility index (Phi) is 4.81. The quantitative estimate of drug-likeness (QED) is 0.697. The smallest absolute Gasteiger partial charge is 0.355 e. The summed E-state index contributed by atoms with van der Waals surface area (Å²) in [7, 11) is 0. The van der Waals surface area contributed by atoms with Gasteiger partial charge in [-0.05, 0) is 12.1 Å². The highest BCUT2D eigenvalue weighted by molar-refractivity contribution is 7.13. The number of hydrogen-bond acceptors (Lipinski definition) is 6. The van der Waals surface area contributed by atoms with Gasteiger partial charge >= 0.3 is 6.18 Å². The van der Waals surface area contributed by atoms with Crippen LogP contribution in [0.15, 0.2) is 29.6 Å². The summed E-state index contributed by atoms with van der Waals surface area (Å²) in [6.07, 6.45) is -3.54. The summed E-state index contributed by atoms with van der Waals surface area (Å²) in [5, 5.41) is 6.45. The van der Waals surface area contributed by atoms with E-state index in [-0.39, 0.29) is 0 Å². The van der Waals surface area contributed by atoms with E-state index in [1.165, 1.54) is 35.0 Å². The number of aryl methyl sites for hydroxylation is 1. The van der Waals surface area contributed by atoms with Gasteiger partial charge in [-0.25, -0.2) is 9.97 Å². The van der Waals surface area contributed by atoms with Crippen molar-refractivity contribution >= 4 is 28.0 Å². The Hall–Kier alpha value is -2.00. The molecule has 0 amide bonds. The molecule has 4 nitrogen and oxygen atoms in total. The van der Waals surface area contributed by atoms with E-state index in [0.717, 1.165) is 35.2 Å². The molecule has 1 aromatic carbocycles. The molecule has 1 N–H and O–H groups in total. The number of nitrogens with one attached hydrogen (secondary N) is 1. The largest absolute Gasteiger partial charge is 0.416 e. The second kappa shape index (κ2) is 6.86. The molecule has 2 aromatic heterocycles. The predicted molar refractivity (Wildman–Crippen MR) is 89.2 cm³/mol. The van der Waals surface area contributed by atoms with Crippen molar-refractivity contribution in [1.82, 2.24) is 14.3 Å². The van der Waals surface area contributed by atoms with Crippen LogP contribution in [0.5, 0.6) is 0 Å². The van der Waals surface area contributed by atoms with E-state index in [0.29, 0.717) is 17.1 Å². The second-order valence-corrected chi connectivity index (χ2v) is 6.55. The van der Waals surface area contributed by atoms with Crippen LogP contribution in [-0.4, -0.2) is 14.3 Å². The van der Waals surface area contributed by atoms with E-state index in [9.17, 15) is 13.2 Å². The van der Waals surface area contributed by atoms with Gasteiger partial charge in [0, 0.05) is 28.9 Å². The first-order valence-electron chi connectivity index (χ1n) is 7.14. The highest BCUT2D eigenvalue weighted by atomic mass is 32.1. The van der Waals surface area contributed by atoms with Crippen LogP contribution in [0.3, 0.4) is 0 Å². The van der Waals surface area contributed by atoms with Crippen LogP contribution in [0.1, 0.15) is 24.0 Å². The monoisotopic (exact) mass is 370 g/mol. The van der Waals surface area contributed by atoms with Crippen molar-refractivity contribution in [2.24, 2.45) is 0 Å². The molecule has 3 rings (SSSR count). The van der Waals surface area contributed by atoms with E-state index in [2.05, 4.69) is 19.7 Å². The summed E-state index contributed by atoms with van der Waals surface area (Å²) in [4.78, 5) is 8.75. The van der Waals surface area contributed by atoms with Crippen molar-refractivity contribution in [3.05, 3.63) is 46.7 Å². The van der Waals surface area contributed by atoms with Crippen LogP contribution in [0.25, 0.3) is 10.6 Å². The minimum Gasteiger partial charge on any atom is -0.355 e. The first kappa shape index (κ1) is 16.8.